The molecule has 33 heavy (non-hydrogen) atoms. The van der Waals surface area contributed by atoms with Crippen LogP contribution >= 0.6 is 11.6 Å². The van der Waals surface area contributed by atoms with Crippen molar-refractivity contribution in [2.45, 2.75) is 13.3 Å². The molecule has 0 unspecified atom stereocenters. The molecule has 3 heterocycles. The molecule has 1 fully saturated rings. The van der Waals surface area contributed by atoms with Gasteiger partial charge in [0, 0.05) is 50.6 Å². The van der Waals surface area contributed by atoms with E-state index in [0.29, 0.717) is 41.3 Å². The first kappa shape index (κ1) is 22.8. The lowest BCUT2D eigenvalue weighted by molar-refractivity contribution is -0.131. The van der Waals surface area contributed by atoms with Crippen molar-refractivity contribution in [3.8, 4) is 5.75 Å². The molecule has 2 aliphatic rings. The van der Waals surface area contributed by atoms with Gasteiger partial charge in [0.25, 0.3) is 0 Å². The van der Waals surface area contributed by atoms with Gasteiger partial charge < -0.3 is 19.0 Å². The van der Waals surface area contributed by atoms with Gasteiger partial charge in [0.15, 0.2) is 11.5 Å². The highest BCUT2D eigenvalue weighted by Gasteiger charge is 2.33. The Balaban J connectivity index is 1.43. The largest absolute Gasteiger partial charge is 0.495 e. The van der Waals surface area contributed by atoms with Gasteiger partial charge in [-0.3, -0.25) is 9.79 Å². The van der Waals surface area contributed by atoms with Crippen LogP contribution in [-0.4, -0.2) is 79.2 Å². The van der Waals surface area contributed by atoms with Gasteiger partial charge in [0.1, 0.15) is 18.6 Å². The Labute approximate surface area is 198 Å². The Morgan fingerprint density at radius 1 is 1.30 bits per heavy atom. The molecule has 0 aliphatic carbocycles. The zero-order chi connectivity index (χ0) is 23.4. The van der Waals surface area contributed by atoms with Crippen LogP contribution in [0.4, 0.5) is 5.69 Å². The van der Waals surface area contributed by atoms with E-state index in [9.17, 15) is 4.79 Å². The minimum atomic E-state index is -0.00209. The number of piperazine rings is 1. The molecule has 1 saturated heterocycles. The normalized spacial score (nSPS) is 18.9. The second-order valence-corrected chi connectivity index (χ2v) is 8.01. The van der Waals surface area contributed by atoms with Gasteiger partial charge in [0.05, 0.1) is 18.3 Å². The summed E-state index contributed by atoms with van der Waals surface area (Å²) >= 11 is 6.14. The Morgan fingerprint density at radius 2 is 2.09 bits per heavy atom. The van der Waals surface area contributed by atoms with Crippen LogP contribution in [0, 0.1) is 0 Å². The molecule has 9 nitrogen and oxygen atoms in total. The number of hydrazone groups is 1. The summed E-state index contributed by atoms with van der Waals surface area (Å²) in [5, 5.41) is 6.84. The fraction of sp³-hybridized carbons (Fsp3) is 0.391. The minimum Gasteiger partial charge on any atom is -0.495 e. The van der Waals surface area contributed by atoms with Crippen LogP contribution in [0.5, 0.6) is 5.75 Å². The number of halogens is 1. The molecule has 0 saturated carbocycles. The van der Waals surface area contributed by atoms with Crippen LogP contribution in [0.2, 0.25) is 5.02 Å². The molecular weight excluding hydrogens is 444 g/mol. The van der Waals surface area contributed by atoms with E-state index in [1.54, 1.807) is 25.4 Å². The molecule has 1 amide bonds. The molecule has 1 aromatic heterocycles. The van der Waals surface area contributed by atoms with E-state index in [0.717, 1.165) is 30.8 Å². The predicted octanol–water partition coefficient (Wildman–Crippen LogP) is 3.07. The topological polar surface area (TPSA) is 86.8 Å². The summed E-state index contributed by atoms with van der Waals surface area (Å²) in [6.45, 7) is 4.81. The molecule has 4 rings (SSSR count). The van der Waals surface area contributed by atoms with Crippen LogP contribution in [-0.2, 0) is 4.79 Å². The van der Waals surface area contributed by atoms with E-state index in [-0.39, 0.29) is 12.5 Å². The summed E-state index contributed by atoms with van der Waals surface area (Å²) in [7, 11) is 3.30. The van der Waals surface area contributed by atoms with Crippen molar-refractivity contribution in [3.63, 3.8) is 0 Å². The number of allylic oxidation sites excluding steroid dienone is 1. The number of amides is 1. The summed E-state index contributed by atoms with van der Waals surface area (Å²) < 4.78 is 10.8. The first-order valence-electron chi connectivity index (χ1n) is 10.9. The predicted molar refractivity (Wildman–Crippen MR) is 128 cm³/mol. The van der Waals surface area contributed by atoms with Crippen molar-refractivity contribution >= 4 is 34.7 Å². The molecule has 1 aromatic carbocycles. The summed E-state index contributed by atoms with van der Waals surface area (Å²) in [6, 6.07) is 5.72. The van der Waals surface area contributed by atoms with Gasteiger partial charge in [-0.1, -0.05) is 24.6 Å². The standard InChI is InChI=1S/C23H27ClN6O3/c1-4-5-17-21(23-26-8-13-33-23)27-30(22(17)25-2)15-20(31)29-11-9-28(10-12-29)16-6-7-18(24)19(14-16)32-3/h5-8,13-14H,4,9-12,15H2,1-3H3/b17-5-,25-22+. The number of rotatable bonds is 6. The smallest absolute Gasteiger partial charge is 0.247 e. The maximum Gasteiger partial charge on any atom is 0.247 e. The second kappa shape index (κ2) is 10.1. The Bertz CT molecular complexity index is 1090. The average Bonchev–Trinajstić information content (AvgIpc) is 3.48. The number of benzene rings is 1. The molecule has 0 bridgehead atoms. The lowest BCUT2D eigenvalue weighted by Crippen LogP contribution is -2.51. The van der Waals surface area contributed by atoms with Gasteiger partial charge in [-0.2, -0.15) is 5.10 Å². The van der Waals surface area contributed by atoms with Crippen molar-refractivity contribution in [1.29, 1.82) is 0 Å². The van der Waals surface area contributed by atoms with Crippen LogP contribution in [0.3, 0.4) is 0 Å². The molecule has 0 atom stereocenters. The zero-order valence-electron chi connectivity index (χ0n) is 19.0. The number of hydrogen-bond acceptors (Lipinski definition) is 7. The number of methoxy groups -OCH3 is 1. The number of amidine groups is 1. The summed E-state index contributed by atoms with van der Waals surface area (Å²) in [6.07, 6.45) is 5.91. The summed E-state index contributed by atoms with van der Waals surface area (Å²) in [5.41, 5.74) is 2.45. The Kier molecular flexibility index (Phi) is 6.98. The summed E-state index contributed by atoms with van der Waals surface area (Å²) in [5.74, 6) is 1.70. The maximum atomic E-state index is 13.1. The second-order valence-electron chi connectivity index (χ2n) is 7.60. The number of ether oxygens (including phenoxy) is 1. The van der Waals surface area contributed by atoms with Crippen LogP contribution in [0.25, 0.3) is 0 Å². The number of carbonyl (C=O) groups excluding carboxylic acids is 1. The quantitative estimate of drug-likeness (QED) is 0.644. The number of carbonyl (C=O) groups is 1. The molecule has 0 radical (unpaired) electrons. The van der Waals surface area contributed by atoms with Crippen molar-refractivity contribution in [3.05, 3.63) is 53.2 Å². The minimum absolute atomic E-state index is 0.00209. The van der Waals surface area contributed by atoms with E-state index in [2.05, 4.69) is 20.0 Å². The van der Waals surface area contributed by atoms with Crippen molar-refractivity contribution in [2.75, 3.05) is 51.8 Å². The number of hydrogen-bond donors (Lipinski definition) is 0. The molecule has 2 aromatic rings. The van der Waals surface area contributed by atoms with Gasteiger partial charge >= 0.3 is 0 Å². The molecular formula is C23H27ClN6O3. The summed E-state index contributed by atoms with van der Waals surface area (Å²) in [4.78, 5) is 25.8. The van der Waals surface area contributed by atoms with Gasteiger partial charge in [-0.15, -0.1) is 0 Å². The number of aliphatic imine (C=N–C) groups is 1. The number of anilines is 1. The van der Waals surface area contributed by atoms with E-state index in [1.165, 1.54) is 6.26 Å². The van der Waals surface area contributed by atoms with Gasteiger partial charge in [0.2, 0.25) is 11.8 Å². The monoisotopic (exact) mass is 470 g/mol. The third-order valence-corrected chi connectivity index (χ3v) is 5.95. The Hall–Kier alpha value is -3.33. The lowest BCUT2D eigenvalue weighted by atomic mass is 10.1. The van der Waals surface area contributed by atoms with Crippen molar-refractivity contribution in [2.24, 2.45) is 10.1 Å². The molecule has 174 valence electrons. The van der Waals surface area contributed by atoms with Crippen LogP contribution in [0.15, 0.2) is 56.8 Å². The van der Waals surface area contributed by atoms with Gasteiger partial charge in [-0.05, 0) is 18.6 Å². The number of nitrogens with zero attached hydrogens (tertiary/aromatic N) is 6. The zero-order valence-corrected chi connectivity index (χ0v) is 19.7. The maximum absolute atomic E-state index is 13.1. The first-order valence-corrected chi connectivity index (χ1v) is 11.2. The number of aromatic nitrogens is 1. The third-order valence-electron chi connectivity index (χ3n) is 5.63. The van der Waals surface area contributed by atoms with Crippen molar-refractivity contribution < 1.29 is 13.9 Å². The highest BCUT2D eigenvalue weighted by Crippen LogP contribution is 2.30. The highest BCUT2D eigenvalue weighted by atomic mass is 35.5. The fourth-order valence-corrected chi connectivity index (χ4v) is 4.19. The molecule has 10 heteroatoms. The number of oxazole rings is 1. The van der Waals surface area contributed by atoms with Crippen LogP contribution in [0.1, 0.15) is 19.2 Å². The average molecular weight is 471 g/mol. The van der Waals surface area contributed by atoms with E-state index >= 15 is 0 Å². The van der Waals surface area contributed by atoms with Gasteiger partial charge in [-0.25, -0.2) is 9.99 Å². The Morgan fingerprint density at radius 3 is 2.73 bits per heavy atom. The van der Waals surface area contributed by atoms with E-state index in [4.69, 9.17) is 20.8 Å². The van der Waals surface area contributed by atoms with E-state index < -0.39 is 0 Å². The first-order chi connectivity index (χ1) is 16.0. The molecule has 0 spiro atoms. The lowest BCUT2D eigenvalue weighted by Gasteiger charge is -2.36. The SMILES string of the molecule is CC/C=C1/C(c2ncco2)=NN(CC(=O)N2CCN(c3ccc(Cl)c(OC)c3)CC2)/C1=N/C. The fourth-order valence-electron chi connectivity index (χ4n) is 3.99. The van der Waals surface area contributed by atoms with E-state index in [1.807, 2.05) is 36.1 Å². The van der Waals surface area contributed by atoms with Crippen LogP contribution < -0.4 is 9.64 Å². The third kappa shape index (κ3) is 4.73. The molecule has 0 N–H and O–H groups in total. The van der Waals surface area contributed by atoms with Crippen molar-refractivity contribution in [1.82, 2.24) is 14.9 Å². The highest BCUT2D eigenvalue weighted by molar-refractivity contribution is 6.32. The molecule has 2 aliphatic heterocycles.